The highest BCUT2D eigenvalue weighted by Gasteiger charge is 2.28. The summed E-state index contributed by atoms with van der Waals surface area (Å²) >= 11 is 1.42. The molecular weight excluding hydrogens is 314 g/mol. The summed E-state index contributed by atoms with van der Waals surface area (Å²) in [6.07, 6.45) is 5.56. The summed E-state index contributed by atoms with van der Waals surface area (Å²) in [5.41, 5.74) is 1.13. The number of hydrogen-bond acceptors (Lipinski definition) is 6. The van der Waals surface area contributed by atoms with Crippen molar-refractivity contribution in [3.63, 3.8) is 0 Å². The van der Waals surface area contributed by atoms with E-state index in [-0.39, 0.29) is 18.1 Å². The van der Waals surface area contributed by atoms with Crippen LogP contribution in [0.3, 0.4) is 0 Å². The number of aryl methyl sites for hydroxylation is 1. The molecule has 124 valence electrons. The molecule has 1 aliphatic heterocycles. The highest BCUT2D eigenvalue weighted by Crippen LogP contribution is 2.15. The number of nitrogens with one attached hydrogen (secondary N) is 1. The van der Waals surface area contributed by atoms with Crippen molar-refractivity contribution in [2.75, 3.05) is 25.0 Å². The van der Waals surface area contributed by atoms with Gasteiger partial charge in [-0.2, -0.15) is 5.10 Å². The molecule has 0 aliphatic carbocycles. The molecule has 8 heteroatoms. The first kappa shape index (κ1) is 16.1. The number of rotatable bonds is 5. The largest absolute Gasteiger partial charge is 0.374 e. The fourth-order valence-electron chi connectivity index (χ4n) is 2.64. The Labute approximate surface area is 139 Å². The molecule has 7 nitrogen and oxygen atoms in total. The van der Waals surface area contributed by atoms with E-state index >= 15 is 0 Å². The van der Waals surface area contributed by atoms with Crippen LogP contribution in [-0.2, 0) is 16.1 Å². The average molecular weight is 335 g/mol. The maximum Gasteiger partial charge on any atom is 0.243 e. The predicted octanol–water partition coefficient (Wildman–Crippen LogP) is 1.38. The molecule has 1 aliphatic rings. The number of carbonyl (C=O) groups excluding carboxylic acids is 1. The second kappa shape index (κ2) is 7.20. The van der Waals surface area contributed by atoms with E-state index in [0.717, 1.165) is 12.1 Å². The lowest BCUT2D eigenvalue weighted by Gasteiger charge is -2.35. The minimum Gasteiger partial charge on any atom is -0.374 e. The number of thiazole rings is 1. The molecule has 2 atom stereocenters. The SMILES string of the molecule is Cc1cnn(C[C@@H]2CN([C@@H](C)C(=O)Nc3nccs3)CCO2)c1. The quantitative estimate of drug-likeness (QED) is 0.894. The third kappa shape index (κ3) is 4.15. The molecule has 1 amide bonds. The number of anilines is 1. The van der Waals surface area contributed by atoms with Gasteiger partial charge >= 0.3 is 0 Å². The van der Waals surface area contributed by atoms with Gasteiger partial charge in [-0.1, -0.05) is 0 Å². The summed E-state index contributed by atoms with van der Waals surface area (Å²) in [6.45, 7) is 6.73. The van der Waals surface area contributed by atoms with Crippen molar-refractivity contribution in [3.05, 3.63) is 29.5 Å². The van der Waals surface area contributed by atoms with Gasteiger partial charge in [0.05, 0.1) is 31.5 Å². The fraction of sp³-hybridized carbons (Fsp3) is 0.533. The van der Waals surface area contributed by atoms with E-state index in [9.17, 15) is 4.79 Å². The van der Waals surface area contributed by atoms with Crippen molar-refractivity contribution in [3.8, 4) is 0 Å². The van der Waals surface area contributed by atoms with Gasteiger partial charge in [0.2, 0.25) is 5.91 Å². The second-order valence-corrected chi connectivity index (χ2v) is 6.62. The van der Waals surface area contributed by atoms with Gasteiger partial charge in [-0.05, 0) is 19.4 Å². The summed E-state index contributed by atoms with van der Waals surface area (Å²) in [5.74, 6) is -0.0319. The lowest BCUT2D eigenvalue weighted by Crippen LogP contribution is -2.51. The Morgan fingerprint density at radius 1 is 1.61 bits per heavy atom. The van der Waals surface area contributed by atoms with Crippen LogP contribution in [0, 0.1) is 6.92 Å². The number of aromatic nitrogens is 3. The van der Waals surface area contributed by atoms with Crippen LogP contribution in [0.2, 0.25) is 0 Å². The molecule has 0 aromatic carbocycles. The third-order valence-electron chi connectivity index (χ3n) is 3.91. The van der Waals surface area contributed by atoms with Crippen LogP contribution < -0.4 is 5.32 Å². The van der Waals surface area contributed by atoms with E-state index < -0.39 is 0 Å². The van der Waals surface area contributed by atoms with Gasteiger partial charge in [0.25, 0.3) is 0 Å². The van der Waals surface area contributed by atoms with Crippen LogP contribution in [0.4, 0.5) is 5.13 Å². The molecule has 1 fully saturated rings. The van der Waals surface area contributed by atoms with Crippen molar-refractivity contribution in [1.82, 2.24) is 19.7 Å². The second-order valence-electron chi connectivity index (χ2n) is 5.73. The van der Waals surface area contributed by atoms with Gasteiger partial charge in [-0.3, -0.25) is 14.4 Å². The van der Waals surface area contributed by atoms with E-state index in [1.807, 2.05) is 36.3 Å². The smallest absolute Gasteiger partial charge is 0.243 e. The molecule has 0 unspecified atom stereocenters. The first-order valence-electron chi connectivity index (χ1n) is 7.67. The molecular formula is C15H21N5O2S. The topological polar surface area (TPSA) is 72.3 Å². The van der Waals surface area contributed by atoms with Crippen molar-refractivity contribution in [2.45, 2.75) is 32.5 Å². The molecule has 0 saturated carbocycles. The maximum absolute atomic E-state index is 12.3. The van der Waals surface area contributed by atoms with Crippen molar-refractivity contribution in [1.29, 1.82) is 0 Å². The van der Waals surface area contributed by atoms with Crippen LogP contribution in [0.5, 0.6) is 0 Å². The van der Waals surface area contributed by atoms with Gasteiger partial charge in [-0.15, -0.1) is 11.3 Å². The van der Waals surface area contributed by atoms with Crippen molar-refractivity contribution < 1.29 is 9.53 Å². The Morgan fingerprint density at radius 3 is 3.17 bits per heavy atom. The molecule has 3 rings (SSSR count). The number of nitrogens with zero attached hydrogens (tertiary/aromatic N) is 4. The number of morpholine rings is 1. The molecule has 0 radical (unpaired) electrons. The Hall–Kier alpha value is -1.77. The van der Waals surface area contributed by atoms with Gasteiger partial charge in [0.1, 0.15) is 0 Å². The summed E-state index contributed by atoms with van der Waals surface area (Å²) in [5, 5.41) is 9.63. The van der Waals surface area contributed by atoms with E-state index in [1.54, 1.807) is 6.20 Å². The van der Waals surface area contributed by atoms with Gasteiger partial charge in [0, 0.05) is 30.9 Å². The summed E-state index contributed by atoms with van der Waals surface area (Å²) in [4.78, 5) is 18.6. The predicted molar refractivity (Wildman–Crippen MR) is 88.5 cm³/mol. The van der Waals surface area contributed by atoms with Crippen LogP contribution in [0.25, 0.3) is 0 Å². The van der Waals surface area contributed by atoms with Gasteiger partial charge in [0.15, 0.2) is 5.13 Å². The minimum absolute atomic E-state index is 0.0319. The summed E-state index contributed by atoms with van der Waals surface area (Å²) in [6, 6.07) is -0.218. The first-order chi connectivity index (χ1) is 11.1. The summed E-state index contributed by atoms with van der Waals surface area (Å²) < 4.78 is 7.71. The number of amides is 1. The Kier molecular flexibility index (Phi) is 5.04. The lowest BCUT2D eigenvalue weighted by atomic mass is 10.2. The molecule has 0 bridgehead atoms. The maximum atomic E-state index is 12.3. The van der Waals surface area contributed by atoms with Crippen LogP contribution in [-0.4, -0.2) is 57.4 Å². The standard InChI is InChI=1S/C15H21N5O2S/c1-11-7-17-20(8-11)10-13-9-19(4-5-22-13)12(2)14(21)18-15-16-3-6-23-15/h3,6-8,12-13H,4-5,9-10H2,1-2H3,(H,16,18,21)/t12-,13-/m0/s1. The van der Waals surface area contributed by atoms with Gasteiger partial charge < -0.3 is 10.1 Å². The number of carbonyl (C=O) groups is 1. The fourth-order valence-corrected chi connectivity index (χ4v) is 3.17. The van der Waals surface area contributed by atoms with E-state index in [2.05, 4.69) is 20.3 Å². The molecule has 1 saturated heterocycles. The van der Waals surface area contributed by atoms with Crippen molar-refractivity contribution in [2.24, 2.45) is 0 Å². The van der Waals surface area contributed by atoms with E-state index in [0.29, 0.717) is 24.8 Å². The average Bonchev–Trinajstić information content (AvgIpc) is 3.18. The van der Waals surface area contributed by atoms with Gasteiger partial charge in [-0.25, -0.2) is 4.98 Å². The Morgan fingerprint density at radius 2 is 2.48 bits per heavy atom. The summed E-state index contributed by atoms with van der Waals surface area (Å²) in [7, 11) is 0. The van der Waals surface area contributed by atoms with E-state index in [4.69, 9.17) is 4.74 Å². The number of hydrogen-bond donors (Lipinski definition) is 1. The molecule has 0 spiro atoms. The highest BCUT2D eigenvalue weighted by molar-refractivity contribution is 7.13. The zero-order valence-electron chi connectivity index (χ0n) is 13.3. The monoisotopic (exact) mass is 335 g/mol. The molecule has 3 heterocycles. The molecule has 23 heavy (non-hydrogen) atoms. The molecule has 1 N–H and O–H groups in total. The molecule has 2 aromatic heterocycles. The van der Waals surface area contributed by atoms with Crippen LogP contribution >= 0.6 is 11.3 Å². The van der Waals surface area contributed by atoms with Crippen molar-refractivity contribution >= 4 is 22.4 Å². The number of ether oxygens (including phenoxy) is 1. The third-order valence-corrected chi connectivity index (χ3v) is 4.60. The zero-order chi connectivity index (χ0) is 16.2. The van der Waals surface area contributed by atoms with Crippen LogP contribution in [0.15, 0.2) is 24.0 Å². The highest BCUT2D eigenvalue weighted by atomic mass is 32.1. The Bertz CT molecular complexity index is 642. The Balaban J connectivity index is 1.55. The van der Waals surface area contributed by atoms with Crippen LogP contribution in [0.1, 0.15) is 12.5 Å². The zero-order valence-corrected chi connectivity index (χ0v) is 14.1. The lowest BCUT2D eigenvalue weighted by molar-refractivity contribution is -0.124. The normalized spacial score (nSPS) is 20.3. The minimum atomic E-state index is -0.218. The first-order valence-corrected chi connectivity index (χ1v) is 8.55. The molecule has 2 aromatic rings. The van der Waals surface area contributed by atoms with E-state index in [1.165, 1.54) is 11.3 Å².